The Morgan fingerprint density at radius 2 is 2.15 bits per heavy atom. The Bertz CT molecular complexity index is 409. The molecule has 2 fully saturated rings. The minimum absolute atomic E-state index is 0. The van der Waals surface area contributed by atoms with Crippen molar-refractivity contribution in [3.05, 3.63) is 11.7 Å². The fourth-order valence-corrected chi connectivity index (χ4v) is 2.93. The van der Waals surface area contributed by atoms with E-state index >= 15 is 0 Å². The molecule has 114 valence electrons. The Kier molecular flexibility index (Phi) is 5.77. The quantitative estimate of drug-likeness (QED) is 0.904. The van der Waals surface area contributed by atoms with E-state index in [9.17, 15) is 0 Å². The van der Waals surface area contributed by atoms with E-state index in [0.717, 1.165) is 38.7 Å². The molecule has 3 rings (SSSR count). The van der Waals surface area contributed by atoms with Crippen molar-refractivity contribution in [3.63, 3.8) is 0 Å². The largest absolute Gasteiger partial charge is 0.378 e. The summed E-state index contributed by atoms with van der Waals surface area (Å²) in [5.74, 6) is 2.17. The van der Waals surface area contributed by atoms with Crippen LogP contribution in [0.4, 0.5) is 0 Å². The third kappa shape index (κ3) is 3.69. The number of nitrogens with one attached hydrogen (secondary N) is 1. The molecule has 0 aromatic carbocycles. The van der Waals surface area contributed by atoms with Gasteiger partial charge in [-0.1, -0.05) is 5.16 Å². The number of halogens is 1. The molecular formula is C13H23ClN4O2. The second kappa shape index (κ2) is 7.36. The first kappa shape index (κ1) is 15.7. The number of hydrogen-bond donors (Lipinski definition) is 1. The summed E-state index contributed by atoms with van der Waals surface area (Å²) in [6, 6.07) is 0.129. The summed E-state index contributed by atoms with van der Waals surface area (Å²) in [6.45, 7) is 7.65. The maximum absolute atomic E-state index is 5.58. The first-order valence-electron chi connectivity index (χ1n) is 7.15. The number of ether oxygens (including phenoxy) is 1. The topological polar surface area (TPSA) is 63.4 Å². The Hall–Kier alpha value is -0.690. The summed E-state index contributed by atoms with van der Waals surface area (Å²) >= 11 is 0. The highest BCUT2D eigenvalue weighted by Gasteiger charge is 2.31. The molecule has 7 heteroatoms. The lowest BCUT2D eigenvalue weighted by Crippen LogP contribution is -2.44. The molecule has 3 heterocycles. The average Bonchev–Trinajstić information content (AvgIpc) is 2.87. The molecule has 0 saturated carbocycles. The van der Waals surface area contributed by atoms with E-state index in [-0.39, 0.29) is 18.4 Å². The zero-order chi connectivity index (χ0) is 13.1. The number of hydrogen-bond acceptors (Lipinski definition) is 6. The Balaban J connectivity index is 0.00000147. The summed E-state index contributed by atoms with van der Waals surface area (Å²) in [5.41, 5.74) is 0. The van der Waals surface area contributed by atoms with Gasteiger partial charge < -0.3 is 14.6 Å². The van der Waals surface area contributed by atoms with E-state index in [1.165, 1.54) is 12.8 Å². The average molecular weight is 303 g/mol. The lowest BCUT2D eigenvalue weighted by Gasteiger charge is -2.36. The molecule has 1 aromatic rings. The van der Waals surface area contributed by atoms with Gasteiger partial charge in [-0.2, -0.15) is 4.98 Å². The third-order valence-corrected chi connectivity index (χ3v) is 4.02. The van der Waals surface area contributed by atoms with Crippen LogP contribution in [0.1, 0.15) is 30.6 Å². The Morgan fingerprint density at radius 1 is 1.35 bits per heavy atom. The van der Waals surface area contributed by atoms with Gasteiger partial charge in [0.25, 0.3) is 0 Å². The lowest BCUT2D eigenvalue weighted by atomic mass is 9.96. The van der Waals surface area contributed by atoms with Crippen LogP contribution in [0, 0.1) is 12.8 Å². The lowest BCUT2D eigenvalue weighted by molar-refractivity contribution is -0.0282. The number of rotatable bonds is 3. The highest BCUT2D eigenvalue weighted by atomic mass is 35.5. The van der Waals surface area contributed by atoms with Gasteiger partial charge in [-0.15, -0.1) is 12.4 Å². The second-order valence-electron chi connectivity index (χ2n) is 5.46. The van der Waals surface area contributed by atoms with E-state index in [0.29, 0.717) is 18.3 Å². The van der Waals surface area contributed by atoms with Gasteiger partial charge in [0.15, 0.2) is 5.82 Å². The Labute approximate surface area is 125 Å². The van der Waals surface area contributed by atoms with Crippen LogP contribution < -0.4 is 5.32 Å². The molecule has 2 aliphatic heterocycles. The number of piperidine rings is 1. The molecule has 2 saturated heterocycles. The van der Waals surface area contributed by atoms with Crippen molar-refractivity contribution in [1.29, 1.82) is 0 Å². The molecule has 0 bridgehead atoms. The van der Waals surface area contributed by atoms with Gasteiger partial charge in [0.2, 0.25) is 5.89 Å². The van der Waals surface area contributed by atoms with Crippen molar-refractivity contribution < 1.29 is 9.26 Å². The minimum Gasteiger partial charge on any atom is -0.378 e. The highest BCUT2D eigenvalue weighted by Crippen LogP contribution is 2.25. The molecule has 2 aliphatic rings. The van der Waals surface area contributed by atoms with Gasteiger partial charge in [-0.25, -0.2) is 0 Å². The molecule has 1 unspecified atom stereocenters. The predicted octanol–water partition coefficient (Wildman–Crippen LogP) is 1.17. The number of morpholine rings is 1. The smallest absolute Gasteiger partial charge is 0.246 e. The van der Waals surface area contributed by atoms with E-state index in [1.54, 1.807) is 0 Å². The van der Waals surface area contributed by atoms with Crippen LogP contribution in [0.3, 0.4) is 0 Å². The zero-order valence-electron chi connectivity index (χ0n) is 11.9. The van der Waals surface area contributed by atoms with Crippen LogP contribution >= 0.6 is 12.4 Å². The SMILES string of the molecule is Cc1noc(C2COCCN2CC2CCNCC2)n1.Cl. The Morgan fingerprint density at radius 3 is 2.85 bits per heavy atom. The van der Waals surface area contributed by atoms with E-state index in [4.69, 9.17) is 9.26 Å². The van der Waals surface area contributed by atoms with Crippen molar-refractivity contribution in [2.75, 3.05) is 39.4 Å². The summed E-state index contributed by atoms with van der Waals surface area (Å²) in [6.07, 6.45) is 2.51. The highest BCUT2D eigenvalue weighted by molar-refractivity contribution is 5.85. The molecule has 1 N–H and O–H groups in total. The molecule has 6 nitrogen and oxygen atoms in total. The number of aryl methyl sites for hydroxylation is 1. The van der Waals surface area contributed by atoms with Crippen LogP contribution in [-0.2, 0) is 4.74 Å². The first-order valence-corrected chi connectivity index (χ1v) is 7.15. The molecule has 0 spiro atoms. The molecule has 0 amide bonds. The number of aromatic nitrogens is 2. The van der Waals surface area contributed by atoms with Gasteiger partial charge in [-0.05, 0) is 38.8 Å². The first-order chi connectivity index (χ1) is 9.33. The molecule has 1 aromatic heterocycles. The van der Waals surface area contributed by atoms with Crippen LogP contribution in [0.25, 0.3) is 0 Å². The molecule has 0 aliphatic carbocycles. The maximum atomic E-state index is 5.58. The second-order valence-corrected chi connectivity index (χ2v) is 5.46. The van der Waals surface area contributed by atoms with Crippen molar-refractivity contribution in [3.8, 4) is 0 Å². The summed E-state index contributed by atoms with van der Waals surface area (Å²) < 4.78 is 10.9. The van der Waals surface area contributed by atoms with Gasteiger partial charge >= 0.3 is 0 Å². The van der Waals surface area contributed by atoms with Crippen LogP contribution in [0.5, 0.6) is 0 Å². The van der Waals surface area contributed by atoms with Crippen LogP contribution in [0.15, 0.2) is 4.52 Å². The maximum Gasteiger partial charge on any atom is 0.246 e. The standard InChI is InChI=1S/C13H22N4O2.ClH/c1-10-15-13(19-16-10)12-9-18-7-6-17(12)8-11-2-4-14-5-3-11;/h11-12,14H,2-9H2,1H3;1H. The van der Waals surface area contributed by atoms with E-state index in [1.807, 2.05) is 6.92 Å². The van der Waals surface area contributed by atoms with E-state index in [2.05, 4.69) is 20.4 Å². The monoisotopic (exact) mass is 302 g/mol. The molecule has 20 heavy (non-hydrogen) atoms. The van der Waals surface area contributed by atoms with Crippen molar-refractivity contribution in [2.45, 2.75) is 25.8 Å². The molecule has 1 atom stereocenters. The molecular weight excluding hydrogens is 280 g/mol. The molecule has 0 radical (unpaired) electrons. The minimum atomic E-state index is 0. The van der Waals surface area contributed by atoms with Gasteiger partial charge in [0, 0.05) is 13.1 Å². The van der Waals surface area contributed by atoms with Crippen molar-refractivity contribution in [1.82, 2.24) is 20.4 Å². The van der Waals surface area contributed by atoms with Crippen LogP contribution in [-0.4, -0.2) is 54.4 Å². The zero-order valence-corrected chi connectivity index (χ0v) is 12.7. The summed E-state index contributed by atoms with van der Waals surface area (Å²) in [7, 11) is 0. The fraction of sp³-hybridized carbons (Fsp3) is 0.846. The normalized spacial score (nSPS) is 25.4. The summed E-state index contributed by atoms with van der Waals surface area (Å²) in [4.78, 5) is 6.82. The van der Waals surface area contributed by atoms with Gasteiger partial charge in [0.05, 0.1) is 13.2 Å². The fourth-order valence-electron chi connectivity index (χ4n) is 2.93. The third-order valence-electron chi connectivity index (χ3n) is 4.02. The van der Waals surface area contributed by atoms with Crippen molar-refractivity contribution in [2.24, 2.45) is 5.92 Å². The van der Waals surface area contributed by atoms with Gasteiger partial charge in [0.1, 0.15) is 6.04 Å². The van der Waals surface area contributed by atoms with Crippen LogP contribution in [0.2, 0.25) is 0 Å². The number of nitrogens with zero attached hydrogens (tertiary/aromatic N) is 3. The predicted molar refractivity (Wildman–Crippen MR) is 77.0 cm³/mol. The summed E-state index contributed by atoms with van der Waals surface area (Å²) in [5, 5.41) is 7.31. The van der Waals surface area contributed by atoms with Gasteiger partial charge in [-0.3, -0.25) is 4.90 Å². The van der Waals surface area contributed by atoms with E-state index < -0.39 is 0 Å². The van der Waals surface area contributed by atoms with Crippen molar-refractivity contribution >= 4 is 12.4 Å².